The van der Waals surface area contributed by atoms with Crippen LogP contribution in [-0.4, -0.2) is 18.4 Å². The summed E-state index contributed by atoms with van der Waals surface area (Å²) in [6.45, 7) is 4.00. The number of para-hydroxylation sites is 2. The molecule has 9 heteroatoms. The van der Waals surface area contributed by atoms with Crippen molar-refractivity contribution in [2.24, 2.45) is 0 Å². The van der Waals surface area contributed by atoms with Gasteiger partial charge in [-0.15, -0.1) is 11.3 Å². The second kappa shape index (κ2) is 7.74. The number of halogens is 1. The Balaban J connectivity index is 1.80. The van der Waals surface area contributed by atoms with E-state index in [2.05, 4.69) is 35.9 Å². The molecule has 0 atom stereocenters. The van der Waals surface area contributed by atoms with Crippen molar-refractivity contribution in [1.82, 2.24) is 9.97 Å². The van der Waals surface area contributed by atoms with Crippen LogP contribution in [0.5, 0.6) is 0 Å². The van der Waals surface area contributed by atoms with Crippen molar-refractivity contribution in [3.05, 3.63) is 69.5 Å². The minimum atomic E-state index is -3.80. The van der Waals surface area contributed by atoms with Crippen LogP contribution in [0.15, 0.2) is 62.6 Å². The number of hydrogen-bond acceptors (Lipinski definition) is 6. The Labute approximate surface area is 181 Å². The van der Waals surface area contributed by atoms with Gasteiger partial charge < -0.3 is 5.32 Å². The van der Waals surface area contributed by atoms with Crippen LogP contribution < -0.4 is 10.0 Å². The lowest BCUT2D eigenvalue weighted by atomic mass is 10.1. The molecule has 4 rings (SSSR count). The summed E-state index contributed by atoms with van der Waals surface area (Å²) in [5.74, 6) is 0.489. The average molecular weight is 489 g/mol. The molecule has 0 fully saturated rings. The first-order valence-corrected chi connectivity index (χ1v) is 11.8. The summed E-state index contributed by atoms with van der Waals surface area (Å²) in [7, 11) is -3.80. The zero-order valence-electron chi connectivity index (χ0n) is 15.6. The topological polar surface area (TPSA) is 84.0 Å². The summed E-state index contributed by atoms with van der Waals surface area (Å²) in [4.78, 5) is 9.12. The van der Waals surface area contributed by atoms with Crippen LogP contribution in [0.2, 0.25) is 0 Å². The molecule has 0 aliphatic carbocycles. The van der Waals surface area contributed by atoms with Crippen LogP contribution in [0.4, 0.5) is 17.3 Å². The predicted molar refractivity (Wildman–Crippen MR) is 122 cm³/mol. The van der Waals surface area contributed by atoms with E-state index in [4.69, 9.17) is 0 Å². The molecule has 0 bridgehead atoms. The molecule has 2 N–H and O–H groups in total. The Kier molecular flexibility index (Phi) is 5.28. The summed E-state index contributed by atoms with van der Waals surface area (Å²) in [5.41, 5.74) is 4.27. The number of hydrogen-bond donors (Lipinski definition) is 2. The van der Waals surface area contributed by atoms with Gasteiger partial charge >= 0.3 is 0 Å². The van der Waals surface area contributed by atoms with E-state index in [0.717, 1.165) is 31.9 Å². The Morgan fingerprint density at radius 2 is 1.62 bits per heavy atom. The van der Waals surface area contributed by atoms with Crippen molar-refractivity contribution in [1.29, 1.82) is 0 Å². The summed E-state index contributed by atoms with van der Waals surface area (Å²) in [6, 6.07) is 16.5. The van der Waals surface area contributed by atoms with Gasteiger partial charge in [0.15, 0.2) is 11.6 Å². The van der Waals surface area contributed by atoms with E-state index in [0.29, 0.717) is 16.9 Å². The fourth-order valence-electron chi connectivity index (χ4n) is 2.86. The van der Waals surface area contributed by atoms with E-state index in [1.165, 1.54) is 0 Å². The maximum Gasteiger partial charge on any atom is 0.272 e. The number of rotatable bonds is 5. The number of anilines is 3. The Morgan fingerprint density at radius 1 is 0.931 bits per heavy atom. The van der Waals surface area contributed by atoms with Gasteiger partial charge in [-0.1, -0.05) is 29.8 Å². The van der Waals surface area contributed by atoms with Crippen LogP contribution in [0.1, 0.15) is 11.1 Å². The highest BCUT2D eigenvalue weighted by atomic mass is 79.9. The standard InChI is InChI=1S/C20H17BrN4O2S2/c1-12-7-8-14(13(2)11-12)22-19-20(24-16-6-4-3-5-15(16)23-19)25-29(26,27)18-10-9-17(21)28-18/h3-11H,1-2H3,(H,22,23)(H,24,25). The van der Waals surface area contributed by atoms with Crippen LogP contribution in [0, 0.1) is 13.8 Å². The van der Waals surface area contributed by atoms with Crippen LogP contribution >= 0.6 is 27.3 Å². The van der Waals surface area contributed by atoms with Crippen molar-refractivity contribution in [3.8, 4) is 0 Å². The SMILES string of the molecule is Cc1ccc(Nc2nc3ccccc3nc2NS(=O)(=O)c2ccc(Br)s2)c(C)c1. The smallest absolute Gasteiger partial charge is 0.272 e. The Hall–Kier alpha value is -2.49. The molecule has 0 aliphatic heterocycles. The zero-order valence-corrected chi connectivity index (χ0v) is 18.8. The quantitative estimate of drug-likeness (QED) is 0.381. The van der Waals surface area contributed by atoms with E-state index in [9.17, 15) is 8.42 Å². The highest BCUT2D eigenvalue weighted by molar-refractivity contribution is 9.11. The van der Waals surface area contributed by atoms with Crippen molar-refractivity contribution in [2.75, 3.05) is 10.0 Å². The maximum absolute atomic E-state index is 12.9. The molecule has 29 heavy (non-hydrogen) atoms. The van der Waals surface area contributed by atoms with Crippen LogP contribution in [-0.2, 0) is 10.0 Å². The normalized spacial score (nSPS) is 11.6. The third kappa shape index (κ3) is 4.26. The van der Waals surface area contributed by atoms with Gasteiger partial charge in [-0.25, -0.2) is 18.4 Å². The van der Waals surface area contributed by atoms with Gasteiger partial charge in [-0.3, -0.25) is 4.72 Å². The average Bonchev–Trinajstić information content (AvgIpc) is 3.11. The molecule has 2 aromatic carbocycles. The third-order valence-electron chi connectivity index (χ3n) is 4.25. The number of benzene rings is 2. The van der Waals surface area contributed by atoms with Gasteiger partial charge in [0, 0.05) is 5.69 Å². The fraction of sp³-hybridized carbons (Fsp3) is 0.100. The van der Waals surface area contributed by atoms with Crippen LogP contribution in [0.3, 0.4) is 0 Å². The zero-order chi connectivity index (χ0) is 20.6. The lowest BCUT2D eigenvalue weighted by Crippen LogP contribution is -2.15. The summed E-state index contributed by atoms with van der Waals surface area (Å²) < 4.78 is 29.2. The van der Waals surface area contributed by atoms with E-state index < -0.39 is 10.0 Å². The third-order valence-corrected chi connectivity index (χ3v) is 7.70. The van der Waals surface area contributed by atoms with Gasteiger partial charge in [-0.05, 0) is 65.7 Å². The van der Waals surface area contributed by atoms with Gasteiger partial charge in [0.1, 0.15) is 4.21 Å². The number of aromatic nitrogens is 2. The van der Waals surface area contributed by atoms with E-state index >= 15 is 0 Å². The van der Waals surface area contributed by atoms with Crippen molar-refractivity contribution in [2.45, 2.75) is 18.1 Å². The van der Waals surface area contributed by atoms with Gasteiger partial charge in [0.05, 0.1) is 14.8 Å². The molecule has 2 heterocycles. The molecular formula is C20H17BrN4O2S2. The molecule has 0 amide bonds. The van der Waals surface area contributed by atoms with Gasteiger partial charge in [0.2, 0.25) is 0 Å². The summed E-state index contributed by atoms with van der Waals surface area (Å²) in [5, 5.41) is 3.23. The van der Waals surface area contributed by atoms with E-state index in [-0.39, 0.29) is 10.0 Å². The monoisotopic (exact) mass is 488 g/mol. The summed E-state index contributed by atoms with van der Waals surface area (Å²) in [6.07, 6.45) is 0. The molecule has 0 aliphatic rings. The van der Waals surface area contributed by atoms with Crippen LogP contribution in [0.25, 0.3) is 11.0 Å². The Bertz CT molecular complexity index is 1320. The lowest BCUT2D eigenvalue weighted by Gasteiger charge is -2.15. The minimum absolute atomic E-state index is 0.146. The number of aryl methyl sites for hydroxylation is 2. The number of sulfonamides is 1. The Morgan fingerprint density at radius 3 is 2.24 bits per heavy atom. The molecule has 0 spiro atoms. The maximum atomic E-state index is 12.9. The first-order chi connectivity index (χ1) is 13.8. The fourth-order valence-corrected chi connectivity index (χ4v) is 5.88. The highest BCUT2D eigenvalue weighted by Gasteiger charge is 2.21. The molecule has 0 saturated carbocycles. The number of fused-ring (bicyclic) bond motifs is 1. The molecule has 148 valence electrons. The highest BCUT2D eigenvalue weighted by Crippen LogP contribution is 2.31. The molecule has 0 radical (unpaired) electrons. The summed E-state index contributed by atoms with van der Waals surface area (Å²) >= 11 is 4.43. The first kappa shape index (κ1) is 19.8. The van der Waals surface area contributed by atoms with Gasteiger partial charge in [-0.2, -0.15) is 0 Å². The van der Waals surface area contributed by atoms with E-state index in [1.54, 1.807) is 18.2 Å². The molecule has 0 saturated heterocycles. The largest absolute Gasteiger partial charge is 0.337 e. The van der Waals surface area contributed by atoms with Crippen molar-refractivity contribution in [3.63, 3.8) is 0 Å². The molecule has 0 unspecified atom stereocenters. The second-order valence-electron chi connectivity index (χ2n) is 6.52. The molecule has 4 aromatic rings. The molecular weight excluding hydrogens is 472 g/mol. The van der Waals surface area contributed by atoms with Crippen molar-refractivity contribution >= 4 is 65.6 Å². The van der Waals surface area contributed by atoms with E-state index in [1.807, 2.05) is 50.2 Å². The van der Waals surface area contributed by atoms with Crippen molar-refractivity contribution < 1.29 is 8.42 Å². The number of thiophene rings is 1. The number of nitrogens with one attached hydrogen (secondary N) is 2. The lowest BCUT2D eigenvalue weighted by molar-refractivity contribution is 0.603. The number of nitrogens with zero attached hydrogens (tertiary/aromatic N) is 2. The molecule has 2 aromatic heterocycles. The second-order valence-corrected chi connectivity index (χ2v) is 10.9. The minimum Gasteiger partial charge on any atom is -0.337 e. The first-order valence-electron chi connectivity index (χ1n) is 8.71. The molecule has 6 nitrogen and oxygen atoms in total. The van der Waals surface area contributed by atoms with Gasteiger partial charge in [0.25, 0.3) is 10.0 Å². The predicted octanol–water partition coefficient (Wildman–Crippen LogP) is 5.62.